The maximum atomic E-state index is 6.31. The smallest absolute Gasteiger partial charge is 0.190 e. The highest BCUT2D eigenvalue weighted by Crippen LogP contribution is 2.45. The molecule has 11 heteroatoms. The van der Waals surface area contributed by atoms with E-state index in [1.807, 2.05) is 55.4 Å². The second-order valence-corrected chi connectivity index (χ2v) is 11.9. The Labute approximate surface area is 205 Å². The molecule has 6 rings (SSSR count). The molecule has 0 saturated carbocycles. The fraction of sp³-hybridized carbons (Fsp3) is 1.00. The van der Waals surface area contributed by atoms with Crippen LogP contribution in [0.4, 0.5) is 0 Å². The second-order valence-electron chi connectivity index (χ2n) is 11.9. The molecule has 6 heterocycles. The highest BCUT2D eigenvalue weighted by Gasteiger charge is 2.62. The van der Waals surface area contributed by atoms with Crippen LogP contribution in [-0.2, 0) is 52.1 Å². The molecule has 0 radical (unpaired) electrons. The lowest BCUT2D eigenvalue weighted by Crippen LogP contribution is -2.64. The van der Waals surface area contributed by atoms with Crippen LogP contribution in [0.3, 0.4) is 0 Å². The van der Waals surface area contributed by atoms with Gasteiger partial charge < -0.3 is 52.1 Å². The molecule has 35 heavy (non-hydrogen) atoms. The molecule has 0 N–H and O–H groups in total. The van der Waals surface area contributed by atoms with Crippen molar-refractivity contribution in [3.63, 3.8) is 0 Å². The highest BCUT2D eigenvalue weighted by atomic mass is 16.9. The summed E-state index contributed by atoms with van der Waals surface area (Å²) in [5, 5.41) is 0. The Morgan fingerprint density at radius 2 is 1.11 bits per heavy atom. The largest absolute Gasteiger partial charge is 0.348 e. The van der Waals surface area contributed by atoms with Crippen molar-refractivity contribution in [3.8, 4) is 0 Å². The number of ether oxygens (including phenoxy) is 11. The molecule has 6 fully saturated rings. The summed E-state index contributed by atoms with van der Waals surface area (Å²) < 4.78 is 67.8. The maximum absolute atomic E-state index is 6.31. The molecule has 11 nitrogen and oxygen atoms in total. The second kappa shape index (κ2) is 8.03. The lowest BCUT2D eigenvalue weighted by Gasteiger charge is -2.48. The summed E-state index contributed by atoms with van der Waals surface area (Å²) in [6, 6.07) is 0. The fourth-order valence-electron chi connectivity index (χ4n) is 5.89. The Morgan fingerprint density at radius 3 is 1.83 bits per heavy atom. The third-order valence-electron chi connectivity index (χ3n) is 7.12. The van der Waals surface area contributed by atoms with E-state index >= 15 is 0 Å². The minimum Gasteiger partial charge on any atom is -0.348 e. The van der Waals surface area contributed by atoms with E-state index in [4.69, 9.17) is 52.1 Å². The van der Waals surface area contributed by atoms with E-state index in [1.54, 1.807) is 0 Å². The van der Waals surface area contributed by atoms with E-state index in [0.717, 1.165) is 0 Å². The van der Waals surface area contributed by atoms with Gasteiger partial charge >= 0.3 is 0 Å². The molecule has 0 unspecified atom stereocenters. The summed E-state index contributed by atoms with van der Waals surface area (Å²) in [4.78, 5) is 0. The zero-order valence-electron chi connectivity index (χ0n) is 21.7. The Bertz CT molecular complexity index is 828. The lowest BCUT2D eigenvalue weighted by atomic mass is 9.97. The molecule has 0 aromatic carbocycles. The molecule has 6 saturated heterocycles. The van der Waals surface area contributed by atoms with Gasteiger partial charge in [-0.25, -0.2) is 0 Å². The summed E-state index contributed by atoms with van der Waals surface area (Å²) >= 11 is 0. The topological polar surface area (TPSA) is 102 Å². The molecule has 200 valence electrons. The van der Waals surface area contributed by atoms with Gasteiger partial charge in [0.25, 0.3) is 0 Å². The molecule has 0 aromatic rings. The van der Waals surface area contributed by atoms with Crippen LogP contribution in [0.1, 0.15) is 55.4 Å². The summed E-state index contributed by atoms with van der Waals surface area (Å²) in [5.74, 6) is -3.09. The van der Waals surface area contributed by atoms with E-state index in [1.165, 1.54) is 0 Å². The zero-order chi connectivity index (χ0) is 25.0. The van der Waals surface area contributed by atoms with Gasteiger partial charge in [-0.2, -0.15) is 0 Å². The molecule has 0 spiro atoms. The van der Waals surface area contributed by atoms with Gasteiger partial charge in [0.05, 0.1) is 13.2 Å². The van der Waals surface area contributed by atoms with Crippen LogP contribution in [-0.4, -0.2) is 97.8 Å². The van der Waals surface area contributed by atoms with Crippen LogP contribution in [0.5, 0.6) is 0 Å². The predicted molar refractivity (Wildman–Crippen MR) is 116 cm³/mol. The normalized spacial score (nSPS) is 50.7. The Morgan fingerprint density at radius 1 is 0.571 bits per heavy atom. The minimum atomic E-state index is -0.798. The van der Waals surface area contributed by atoms with Gasteiger partial charge in [-0.3, -0.25) is 0 Å². The van der Waals surface area contributed by atoms with Gasteiger partial charge in [-0.15, -0.1) is 0 Å². The van der Waals surface area contributed by atoms with Gasteiger partial charge in [0.15, 0.2) is 35.7 Å². The maximum Gasteiger partial charge on any atom is 0.190 e. The molecule has 0 amide bonds. The third kappa shape index (κ3) is 4.57. The lowest BCUT2D eigenvalue weighted by molar-refractivity contribution is -0.373. The molecule has 6 aliphatic rings. The summed E-state index contributed by atoms with van der Waals surface area (Å²) in [5.41, 5.74) is 0. The predicted octanol–water partition coefficient (Wildman–Crippen LogP) is 1.80. The van der Waals surface area contributed by atoms with Crippen molar-refractivity contribution in [2.75, 3.05) is 13.2 Å². The first kappa shape index (κ1) is 24.9. The van der Waals surface area contributed by atoms with E-state index in [9.17, 15) is 0 Å². The van der Waals surface area contributed by atoms with Crippen molar-refractivity contribution in [1.29, 1.82) is 0 Å². The third-order valence-corrected chi connectivity index (χ3v) is 7.12. The number of fused-ring (bicyclic) bond motifs is 6. The Balaban J connectivity index is 1.18. The average molecular weight is 503 g/mol. The fourth-order valence-corrected chi connectivity index (χ4v) is 5.89. The van der Waals surface area contributed by atoms with Crippen molar-refractivity contribution >= 4 is 0 Å². The first-order chi connectivity index (χ1) is 16.2. The Kier molecular flexibility index (Phi) is 5.71. The van der Waals surface area contributed by atoms with Gasteiger partial charge in [-0.1, -0.05) is 0 Å². The SMILES string of the molecule is CC1(C)O[C@@H]2[C@H](O1)[C@@H](OC[C@H]1O[C@@H]3OC(C)(C)O[C@@H]3[C@H]3OC(C)(C)O[C@H]31)O[C@@H]1COC(C)(C)O[C@@H]21. The summed E-state index contributed by atoms with van der Waals surface area (Å²) in [7, 11) is 0. The molecule has 6 aliphatic heterocycles. The molecular weight excluding hydrogens is 464 g/mol. The van der Waals surface area contributed by atoms with Crippen molar-refractivity contribution in [1.82, 2.24) is 0 Å². The Hall–Kier alpha value is -0.440. The van der Waals surface area contributed by atoms with Crippen LogP contribution in [0.25, 0.3) is 0 Å². The number of hydrogen-bond donors (Lipinski definition) is 0. The van der Waals surface area contributed by atoms with E-state index in [-0.39, 0.29) is 31.0 Å². The van der Waals surface area contributed by atoms with Crippen molar-refractivity contribution in [3.05, 3.63) is 0 Å². The first-order valence-corrected chi connectivity index (χ1v) is 12.5. The molecule has 0 aliphatic carbocycles. The van der Waals surface area contributed by atoms with E-state index in [2.05, 4.69) is 0 Å². The first-order valence-electron chi connectivity index (χ1n) is 12.5. The van der Waals surface area contributed by atoms with Gasteiger partial charge in [0.1, 0.15) is 48.8 Å². The van der Waals surface area contributed by atoms with Crippen LogP contribution in [0.2, 0.25) is 0 Å². The quantitative estimate of drug-likeness (QED) is 0.565. The van der Waals surface area contributed by atoms with Crippen LogP contribution < -0.4 is 0 Å². The zero-order valence-corrected chi connectivity index (χ0v) is 21.7. The van der Waals surface area contributed by atoms with Crippen molar-refractivity contribution in [2.24, 2.45) is 0 Å². The molecule has 0 bridgehead atoms. The van der Waals surface area contributed by atoms with Crippen molar-refractivity contribution < 1.29 is 52.1 Å². The summed E-state index contributed by atoms with van der Waals surface area (Å²) in [6.07, 6.45) is -4.42. The van der Waals surface area contributed by atoms with Crippen LogP contribution in [0.15, 0.2) is 0 Å². The van der Waals surface area contributed by atoms with Crippen molar-refractivity contribution in [2.45, 2.75) is 140 Å². The van der Waals surface area contributed by atoms with Gasteiger partial charge in [-0.05, 0) is 55.4 Å². The molecule has 10 atom stereocenters. The number of hydrogen-bond acceptors (Lipinski definition) is 11. The average Bonchev–Trinajstić information content (AvgIpc) is 3.33. The molecule has 0 aromatic heterocycles. The van der Waals surface area contributed by atoms with E-state index < -0.39 is 60.1 Å². The monoisotopic (exact) mass is 502 g/mol. The molecular formula is C24H38O11. The van der Waals surface area contributed by atoms with Crippen LogP contribution in [0, 0.1) is 0 Å². The highest BCUT2D eigenvalue weighted by molar-refractivity contribution is 5.02. The number of rotatable bonds is 3. The minimum absolute atomic E-state index is 0.176. The van der Waals surface area contributed by atoms with Gasteiger partial charge in [0.2, 0.25) is 0 Å². The van der Waals surface area contributed by atoms with Gasteiger partial charge in [0, 0.05) is 0 Å². The standard InChI is InChI=1S/C24H38O11/c1-21(2)26-10-12-14(29-21)15-17(33-23(5,6)31-15)19(27-12)25-9-11-13-16(32-22(3,4)30-13)18-20(28-11)35-24(7,8)34-18/h11-20H,9-10H2,1-8H3/t11-,12-,13+,14-,15+,16+,17+,18-,19+,20-/m1/s1. The summed E-state index contributed by atoms with van der Waals surface area (Å²) in [6.45, 7) is 15.5. The van der Waals surface area contributed by atoms with E-state index in [0.29, 0.717) is 6.61 Å². The van der Waals surface area contributed by atoms with Crippen LogP contribution >= 0.6 is 0 Å².